The van der Waals surface area contributed by atoms with Crippen LogP contribution in [-0.4, -0.2) is 89.6 Å². The van der Waals surface area contributed by atoms with Crippen LogP contribution in [0.4, 0.5) is 28.4 Å². The number of azo groups is 2. The van der Waals surface area contributed by atoms with Crippen molar-refractivity contribution in [3.63, 3.8) is 0 Å². The summed E-state index contributed by atoms with van der Waals surface area (Å²) in [5.41, 5.74) is -0.259. The van der Waals surface area contributed by atoms with Crippen molar-refractivity contribution in [2.24, 2.45) is 20.5 Å². The summed E-state index contributed by atoms with van der Waals surface area (Å²) in [4.78, 5) is -1.64. The Balaban J connectivity index is 1.78. The first-order valence-electron chi connectivity index (χ1n) is 15.8. The predicted molar refractivity (Wildman–Crippen MR) is 209 cm³/mol. The number of phenolic OH excluding ortho intramolecular Hbond substituents is 1. The number of fused-ring (bicyclic) bond motifs is 1. The lowest BCUT2D eigenvalue weighted by Crippen LogP contribution is -2.12. The fraction of sp³-hybridized carbons (Fsp3) is 0.241. The van der Waals surface area contributed by atoms with Gasteiger partial charge in [-0.2, -0.15) is 8.42 Å². The lowest BCUT2D eigenvalue weighted by atomic mass is 10.1. The molecule has 0 aliphatic heterocycles. The molecule has 0 amide bonds. The molecule has 0 heterocycles. The van der Waals surface area contributed by atoms with Crippen molar-refractivity contribution in [2.75, 3.05) is 44.2 Å². The number of ether oxygens (including phenoxy) is 1. The van der Waals surface area contributed by atoms with Crippen molar-refractivity contribution in [2.45, 2.75) is 26.5 Å². The van der Waals surface area contributed by atoms with Crippen LogP contribution in [0.5, 0.6) is 11.5 Å². The van der Waals surface area contributed by atoms with Crippen LogP contribution in [0.2, 0.25) is 0 Å². The third-order valence-electron chi connectivity index (χ3n) is 7.61. The fourth-order valence-electron chi connectivity index (χ4n) is 4.99. The van der Waals surface area contributed by atoms with Crippen LogP contribution < -0.4 is 10.1 Å². The molecule has 0 unspecified atom stereocenters. The smallest absolute Gasteiger partial charge is 0.296 e. The number of hydrogen-bond acceptors (Lipinski definition) is 27. The summed E-state index contributed by atoms with van der Waals surface area (Å²) >= 11 is 0.703. The van der Waals surface area contributed by atoms with Crippen LogP contribution >= 0.6 is 36.7 Å². The Morgan fingerprint density at radius 1 is 0.700 bits per heavy atom. The number of rotatable bonds is 24. The van der Waals surface area contributed by atoms with Crippen molar-refractivity contribution >= 4 is 106 Å². The first-order chi connectivity index (χ1) is 28.5. The third kappa shape index (κ3) is 12.6. The molecular weight excluding hydrogens is 931 g/mol. The number of nitrogens with zero attached hydrogens (tertiary/aromatic N) is 4. The van der Waals surface area contributed by atoms with Gasteiger partial charge in [0.2, 0.25) is 0 Å². The fourth-order valence-corrected chi connectivity index (χ4v) is 9.31. The molecule has 4 aromatic carbocycles. The summed E-state index contributed by atoms with van der Waals surface area (Å²) in [5.74, 6) is -1.75. The van der Waals surface area contributed by atoms with Crippen LogP contribution in [-0.2, 0) is 66.3 Å². The van der Waals surface area contributed by atoms with Gasteiger partial charge in [-0.15, -0.1) is 33.5 Å². The molecule has 0 radical (unpaired) electrons. The molecule has 0 fully saturated rings. The van der Waals surface area contributed by atoms with E-state index in [4.69, 9.17) is 28.9 Å². The second-order valence-electron chi connectivity index (χ2n) is 11.1. The lowest BCUT2D eigenvalue weighted by Gasteiger charge is -2.14. The molecular formula is C29H31N5O20S6. The van der Waals surface area contributed by atoms with Crippen molar-refractivity contribution in [1.82, 2.24) is 0 Å². The molecule has 0 aliphatic carbocycles. The Kier molecular flexibility index (Phi) is 18.2. The van der Waals surface area contributed by atoms with Crippen LogP contribution in [0.1, 0.15) is 5.56 Å². The molecule has 4 rings (SSSR count). The molecule has 6 N–H and O–H groups in total. The van der Waals surface area contributed by atoms with Gasteiger partial charge in [-0.25, -0.2) is 32.6 Å². The van der Waals surface area contributed by atoms with Gasteiger partial charge >= 0.3 is 0 Å². The highest BCUT2D eigenvalue weighted by atomic mass is 32.2. The van der Waals surface area contributed by atoms with E-state index >= 15 is 0 Å². The Bertz CT molecular complexity index is 2550. The third-order valence-corrected chi connectivity index (χ3v) is 13.4. The van der Waals surface area contributed by atoms with Gasteiger partial charge in [-0.3, -0.25) is 12.9 Å². The zero-order chi connectivity index (χ0) is 44.1. The second kappa shape index (κ2) is 22.3. The van der Waals surface area contributed by atoms with Gasteiger partial charge < -0.3 is 15.2 Å². The normalized spacial score (nSPS) is 12.6. The molecule has 0 spiro atoms. The van der Waals surface area contributed by atoms with Crippen LogP contribution in [0.25, 0.3) is 10.8 Å². The minimum atomic E-state index is -5.11. The molecule has 0 aromatic heterocycles. The highest BCUT2D eigenvalue weighted by molar-refractivity contribution is 7.94. The van der Waals surface area contributed by atoms with Gasteiger partial charge in [0.15, 0.2) is 50.1 Å². The lowest BCUT2D eigenvalue weighted by molar-refractivity contribution is -0.434. The average Bonchev–Trinajstić information content (AvgIpc) is 3.21. The first-order valence-corrected chi connectivity index (χ1v) is 22.6. The Morgan fingerprint density at radius 3 is 1.92 bits per heavy atom. The number of anilines is 1. The number of aromatic hydroxyl groups is 1. The summed E-state index contributed by atoms with van der Waals surface area (Å²) in [5, 5.41) is 66.7. The maximum absolute atomic E-state index is 13.0. The number of methoxy groups -OCH3 is 1. The summed E-state index contributed by atoms with van der Waals surface area (Å²) in [6.07, 6.45) is 0. The van der Waals surface area contributed by atoms with Crippen molar-refractivity contribution in [3.8, 4) is 11.5 Å². The number of hydrogen-bond donors (Lipinski definition) is 6. The van der Waals surface area contributed by atoms with Crippen molar-refractivity contribution in [1.29, 1.82) is 0 Å². The van der Waals surface area contributed by atoms with Gasteiger partial charge in [0.25, 0.3) is 10.1 Å². The monoisotopic (exact) mass is 961 g/mol. The molecule has 328 valence electrons. The number of nitrogens with one attached hydrogen (secondary N) is 1. The number of benzene rings is 4. The summed E-state index contributed by atoms with van der Waals surface area (Å²) in [6.45, 7) is 0.661. The first kappa shape index (κ1) is 48.8. The topological polar surface area (TPSA) is 348 Å². The van der Waals surface area contributed by atoms with E-state index in [1.165, 1.54) is 51.4 Å². The summed E-state index contributed by atoms with van der Waals surface area (Å²) in [6, 6.07) is 9.49. The predicted octanol–water partition coefficient (Wildman–Crippen LogP) is 6.96. The van der Waals surface area contributed by atoms with Crippen molar-refractivity contribution in [3.05, 3.63) is 54.1 Å². The largest absolute Gasteiger partial charge is 0.505 e. The molecule has 0 saturated heterocycles. The minimum absolute atomic E-state index is 0.0209. The zero-order valence-electron chi connectivity index (χ0n) is 30.5. The van der Waals surface area contributed by atoms with Gasteiger partial charge in [-0.1, -0.05) is 15.1 Å². The van der Waals surface area contributed by atoms with E-state index < -0.39 is 69.1 Å². The van der Waals surface area contributed by atoms with E-state index in [1.807, 2.05) is 0 Å². The number of sulfone groups is 2. The molecule has 0 saturated carbocycles. The van der Waals surface area contributed by atoms with Gasteiger partial charge in [0.05, 0.1) is 64.2 Å². The van der Waals surface area contributed by atoms with Gasteiger partial charge in [0.1, 0.15) is 33.4 Å². The van der Waals surface area contributed by atoms with Gasteiger partial charge in [-0.05, 0) is 55.0 Å². The van der Waals surface area contributed by atoms with Gasteiger partial charge in [0, 0.05) is 23.9 Å². The number of aryl methyl sites for hydroxylation is 1. The highest BCUT2D eigenvalue weighted by Crippen LogP contribution is 2.49. The van der Waals surface area contributed by atoms with Crippen LogP contribution in [0.15, 0.2) is 88.6 Å². The Morgan fingerprint density at radius 2 is 1.32 bits per heavy atom. The molecule has 31 heteroatoms. The van der Waals surface area contributed by atoms with E-state index in [0.717, 1.165) is 12.1 Å². The quantitative estimate of drug-likeness (QED) is 0.0103. The Hall–Kier alpha value is -3.84. The molecule has 0 bridgehead atoms. The second-order valence-corrected chi connectivity index (χ2v) is 18.4. The Labute approximate surface area is 352 Å². The minimum Gasteiger partial charge on any atom is -0.505 e. The summed E-state index contributed by atoms with van der Waals surface area (Å²) in [7, 11) is -10.5. The maximum Gasteiger partial charge on any atom is 0.296 e. The maximum atomic E-state index is 13.0. The molecule has 0 aliphatic rings. The average molecular weight is 962 g/mol. The van der Waals surface area contributed by atoms with Crippen LogP contribution in [0, 0.1) is 6.92 Å². The highest BCUT2D eigenvalue weighted by Gasteiger charge is 2.25. The van der Waals surface area contributed by atoms with E-state index in [0.29, 0.717) is 18.1 Å². The van der Waals surface area contributed by atoms with E-state index in [2.05, 4.69) is 53.9 Å². The number of phenols is 1. The van der Waals surface area contributed by atoms with E-state index in [1.54, 1.807) is 0 Å². The molecule has 25 nitrogen and oxygen atoms in total. The molecule has 60 heavy (non-hydrogen) atoms. The summed E-state index contributed by atoms with van der Waals surface area (Å²) < 4.78 is 114. The SMILES string of the molecule is CNc1ccc2c(O)c(N=Nc3cc(C)c(S(=O)(=O)CCOSOOO)cc3OC)c(SOOO)cc2c1N=Nc1ccc(S(=O)(=O)CCOSOOO)cc1S(=O)(=O)O. The molecule has 4 aromatic rings. The van der Waals surface area contributed by atoms with E-state index in [9.17, 15) is 34.9 Å². The standard InChI is InChI=1S/C29H31N5O20S6/c1-16-12-22(23(46-3)15-25(16)59(41,42)11-9-48-57-54-51-38)32-34-28-24(55-52-49-36)14-19-18(29(28)35)5-7-21(30-2)27(19)33-31-20-6-4-17(13-26(20)60(43,44)45)58(39,40)10-8-47-56-53-50-37/h4-7,12-15,30,35-38H,8-11H2,1-3H3,(H,43,44,45). The van der Waals surface area contributed by atoms with Crippen LogP contribution in [0.3, 0.4) is 0 Å². The van der Waals surface area contributed by atoms with E-state index in [-0.39, 0.29) is 85.9 Å². The van der Waals surface area contributed by atoms with Crippen molar-refractivity contribution < 1.29 is 91.9 Å². The zero-order valence-corrected chi connectivity index (χ0v) is 35.4. The molecule has 0 atom stereocenters.